The van der Waals surface area contributed by atoms with E-state index in [-0.39, 0.29) is 5.91 Å². The molecular formula is C19H17N3O2. The van der Waals surface area contributed by atoms with Crippen molar-refractivity contribution >= 4 is 23.7 Å². The van der Waals surface area contributed by atoms with Crippen LogP contribution in [0, 0.1) is 0 Å². The van der Waals surface area contributed by atoms with Gasteiger partial charge < -0.3 is 10.1 Å². The number of hydrogen-bond donors (Lipinski definition) is 2. The second-order valence-corrected chi connectivity index (χ2v) is 5.12. The molecule has 1 heterocycles. The van der Waals surface area contributed by atoms with Crippen LogP contribution in [0.15, 0.2) is 60.8 Å². The highest BCUT2D eigenvalue weighted by molar-refractivity contribution is 6.04. The van der Waals surface area contributed by atoms with Crippen molar-refractivity contribution in [1.29, 1.82) is 0 Å². The van der Waals surface area contributed by atoms with E-state index in [1.54, 1.807) is 19.4 Å². The summed E-state index contributed by atoms with van der Waals surface area (Å²) < 4.78 is 5.15. The molecule has 24 heavy (non-hydrogen) atoms. The molecule has 0 unspecified atom stereocenters. The second kappa shape index (κ2) is 7.28. The summed E-state index contributed by atoms with van der Waals surface area (Å²) in [5.74, 6) is 0.595. The summed E-state index contributed by atoms with van der Waals surface area (Å²) >= 11 is 0. The van der Waals surface area contributed by atoms with Crippen molar-refractivity contribution in [3.8, 4) is 5.75 Å². The molecule has 0 aliphatic carbocycles. The largest absolute Gasteiger partial charge is 0.497 e. The Morgan fingerprint density at radius 1 is 1.08 bits per heavy atom. The molecule has 2 aromatic carbocycles. The quantitative estimate of drug-likeness (QED) is 0.702. The van der Waals surface area contributed by atoms with Gasteiger partial charge >= 0.3 is 0 Å². The number of methoxy groups -OCH3 is 1. The molecule has 3 rings (SSSR count). The molecule has 2 N–H and O–H groups in total. The highest BCUT2D eigenvalue weighted by atomic mass is 16.5. The first kappa shape index (κ1) is 15.6. The molecule has 0 fully saturated rings. The number of H-pyrrole nitrogens is 1. The molecule has 0 saturated heterocycles. The number of rotatable bonds is 5. The van der Waals surface area contributed by atoms with Crippen molar-refractivity contribution in [3.63, 3.8) is 0 Å². The molecule has 0 atom stereocenters. The Morgan fingerprint density at radius 2 is 1.88 bits per heavy atom. The van der Waals surface area contributed by atoms with E-state index in [0.29, 0.717) is 5.69 Å². The zero-order chi connectivity index (χ0) is 16.8. The number of hydrogen-bond acceptors (Lipinski definition) is 3. The lowest BCUT2D eigenvalue weighted by Crippen LogP contribution is -2.13. The summed E-state index contributed by atoms with van der Waals surface area (Å²) in [5, 5.41) is 9.33. The van der Waals surface area contributed by atoms with Gasteiger partial charge in [0.05, 0.1) is 7.11 Å². The van der Waals surface area contributed by atoms with Gasteiger partial charge in [-0.25, -0.2) is 0 Å². The zero-order valence-electron chi connectivity index (χ0n) is 13.2. The van der Waals surface area contributed by atoms with Crippen molar-refractivity contribution in [1.82, 2.24) is 10.2 Å². The number of aromatic nitrogens is 2. The Labute approximate surface area is 140 Å². The van der Waals surface area contributed by atoms with Crippen LogP contribution in [0.1, 0.15) is 21.6 Å². The summed E-state index contributed by atoms with van der Waals surface area (Å²) in [4.78, 5) is 12.2. The third-order valence-corrected chi connectivity index (χ3v) is 3.53. The van der Waals surface area contributed by atoms with Crippen LogP contribution in [0.25, 0.3) is 12.2 Å². The third kappa shape index (κ3) is 3.70. The number of amides is 1. The van der Waals surface area contributed by atoms with Crippen LogP contribution < -0.4 is 10.1 Å². The van der Waals surface area contributed by atoms with Crippen LogP contribution in [0.2, 0.25) is 0 Å². The number of benzene rings is 2. The number of aromatic amines is 1. The van der Waals surface area contributed by atoms with E-state index in [1.807, 2.05) is 60.7 Å². The third-order valence-electron chi connectivity index (χ3n) is 3.53. The standard InChI is InChI=1S/C19H17N3O2/c1-24-16-10-7-14(8-11-16)6-9-15-4-2-3-5-17(15)21-19(23)18-12-13-20-22-18/h2-13H,1H3,(H,20,22)(H,21,23)/b9-6+. The normalized spacial score (nSPS) is 10.7. The topological polar surface area (TPSA) is 67.0 Å². The van der Waals surface area contributed by atoms with Gasteiger partial charge in [-0.05, 0) is 35.4 Å². The van der Waals surface area contributed by atoms with Gasteiger partial charge in [-0.1, -0.05) is 42.5 Å². The fraction of sp³-hybridized carbons (Fsp3) is 0.0526. The predicted molar refractivity (Wildman–Crippen MR) is 94.9 cm³/mol. The van der Waals surface area contributed by atoms with Crippen LogP contribution in [0.5, 0.6) is 5.75 Å². The Kier molecular flexibility index (Phi) is 4.72. The zero-order valence-corrected chi connectivity index (χ0v) is 13.2. The lowest BCUT2D eigenvalue weighted by atomic mass is 10.1. The van der Waals surface area contributed by atoms with Crippen molar-refractivity contribution in [2.45, 2.75) is 0 Å². The van der Waals surface area contributed by atoms with Gasteiger partial charge in [0, 0.05) is 11.9 Å². The molecule has 5 heteroatoms. The van der Waals surface area contributed by atoms with Gasteiger partial charge in [0.2, 0.25) is 0 Å². The first-order valence-corrected chi connectivity index (χ1v) is 7.48. The summed E-state index contributed by atoms with van der Waals surface area (Å²) in [5.41, 5.74) is 3.12. The molecule has 0 spiro atoms. The molecule has 5 nitrogen and oxygen atoms in total. The minimum Gasteiger partial charge on any atom is -0.497 e. The van der Waals surface area contributed by atoms with Gasteiger partial charge in [-0.15, -0.1) is 0 Å². The number of carbonyl (C=O) groups is 1. The first-order valence-electron chi connectivity index (χ1n) is 7.48. The van der Waals surface area contributed by atoms with E-state index in [4.69, 9.17) is 4.74 Å². The summed E-state index contributed by atoms with van der Waals surface area (Å²) in [6.45, 7) is 0. The second-order valence-electron chi connectivity index (χ2n) is 5.12. The molecule has 0 radical (unpaired) electrons. The van der Waals surface area contributed by atoms with E-state index in [0.717, 1.165) is 22.6 Å². The minimum atomic E-state index is -0.224. The van der Waals surface area contributed by atoms with Crippen LogP contribution in [0.3, 0.4) is 0 Å². The van der Waals surface area contributed by atoms with Crippen molar-refractivity contribution in [2.24, 2.45) is 0 Å². The number of para-hydroxylation sites is 1. The van der Waals surface area contributed by atoms with Gasteiger partial charge in [0.15, 0.2) is 0 Å². The Hall–Kier alpha value is -3.34. The first-order chi connectivity index (χ1) is 11.8. The average Bonchev–Trinajstić information content (AvgIpc) is 3.16. The summed E-state index contributed by atoms with van der Waals surface area (Å²) in [6.07, 6.45) is 5.50. The number of nitrogens with one attached hydrogen (secondary N) is 2. The maximum Gasteiger partial charge on any atom is 0.273 e. The average molecular weight is 319 g/mol. The van der Waals surface area contributed by atoms with Crippen molar-refractivity contribution < 1.29 is 9.53 Å². The summed E-state index contributed by atoms with van der Waals surface area (Å²) in [7, 11) is 1.64. The van der Waals surface area contributed by atoms with Gasteiger partial charge in [0.1, 0.15) is 11.4 Å². The highest BCUT2D eigenvalue weighted by Crippen LogP contribution is 2.20. The molecule has 1 aromatic heterocycles. The Bertz CT molecular complexity index is 837. The van der Waals surface area contributed by atoms with E-state index in [1.165, 1.54) is 0 Å². The molecule has 120 valence electrons. The van der Waals surface area contributed by atoms with E-state index >= 15 is 0 Å². The van der Waals surface area contributed by atoms with Crippen molar-refractivity contribution in [3.05, 3.63) is 77.6 Å². The maximum absolute atomic E-state index is 12.2. The smallest absolute Gasteiger partial charge is 0.273 e. The number of ether oxygens (including phenoxy) is 1. The molecule has 0 aliphatic heterocycles. The van der Waals surface area contributed by atoms with Gasteiger partial charge in [-0.2, -0.15) is 5.10 Å². The monoisotopic (exact) mass is 319 g/mol. The van der Waals surface area contributed by atoms with Gasteiger partial charge in [-0.3, -0.25) is 9.89 Å². The molecule has 0 aliphatic rings. The number of carbonyl (C=O) groups excluding carboxylic acids is 1. The van der Waals surface area contributed by atoms with Crippen LogP contribution >= 0.6 is 0 Å². The van der Waals surface area contributed by atoms with Gasteiger partial charge in [0.25, 0.3) is 5.91 Å². The van der Waals surface area contributed by atoms with E-state index < -0.39 is 0 Å². The van der Waals surface area contributed by atoms with Crippen LogP contribution in [-0.2, 0) is 0 Å². The minimum absolute atomic E-state index is 0.224. The molecular weight excluding hydrogens is 302 g/mol. The fourth-order valence-electron chi connectivity index (χ4n) is 2.23. The predicted octanol–water partition coefficient (Wildman–Crippen LogP) is 3.84. The highest BCUT2D eigenvalue weighted by Gasteiger charge is 2.08. The molecule has 0 bridgehead atoms. The fourth-order valence-corrected chi connectivity index (χ4v) is 2.23. The molecule has 1 amide bonds. The number of nitrogens with zero attached hydrogens (tertiary/aromatic N) is 1. The lowest BCUT2D eigenvalue weighted by Gasteiger charge is -2.07. The van der Waals surface area contributed by atoms with Crippen LogP contribution in [-0.4, -0.2) is 23.2 Å². The maximum atomic E-state index is 12.2. The molecule has 0 saturated carbocycles. The van der Waals surface area contributed by atoms with Crippen LogP contribution in [0.4, 0.5) is 5.69 Å². The van der Waals surface area contributed by atoms with Crippen molar-refractivity contribution in [2.75, 3.05) is 12.4 Å². The molecule has 3 aromatic rings. The summed E-state index contributed by atoms with van der Waals surface area (Å²) in [6, 6.07) is 17.0. The Morgan fingerprint density at radius 3 is 2.58 bits per heavy atom. The SMILES string of the molecule is COc1ccc(/C=C/c2ccccc2NC(=O)c2ccn[nH]2)cc1. The lowest BCUT2D eigenvalue weighted by molar-refractivity contribution is 0.102. The number of anilines is 1. The van der Waals surface area contributed by atoms with E-state index in [2.05, 4.69) is 15.5 Å². The van der Waals surface area contributed by atoms with E-state index in [9.17, 15) is 4.79 Å². The Balaban J connectivity index is 1.78.